The van der Waals surface area contributed by atoms with E-state index in [1.165, 1.54) is 11.8 Å². The van der Waals surface area contributed by atoms with Crippen molar-refractivity contribution >= 4 is 39.7 Å². The highest BCUT2D eigenvalue weighted by Crippen LogP contribution is 2.35. The van der Waals surface area contributed by atoms with E-state index in [4.69, 9.17) is 11.6 Å². The molecule has 0 amide bonds. The molecule has 0 spiro atoms. The monoisotopic (exact) mass is 427 g/mol. The highest BCUT2D eigenvalue weighted by atomic mass is 35.5. The molecule has 0 N–H and O–H groups in total. The van der Waals surface area contributed by atoms with Gasteiger partial charge in [0.05, 0.1) is 4.90 Å². The minimum atomic E-state index is -3.56. The van der Waals surface area contributed by atoms with Crippen molar-refractivity contribution in [1.82, 2.24) is 9.21 Å². The van der Waals surface area contributed by atoms with Gasteiger partial charge < -0.3 is 9.80 Å². The number of likely N-dealkylation sites (N-methyl/N-ethyl adjacent to an activating group) is 1. The molecule has 0 unspecified atom stereocenters. The molecule has 2 aliphatic heterocycles. The first-order chi connectivity index (χ1) is 12.4. The van der Waals surface area contributed by atoms with Gasteiger partial charge in [0.15, 0.2) is 0 Å². The number of benzene rings is 2. The molecule has 0 saturated carbocycles. The Morgan fingerprint density at radius 3 is 2.37 bits per heavy atom. The van der Waals surface area contributed by atoms with Crippen LogP contribution < -0.4 is 4.90 Å². The Hall–Kier alpha value is -1.31. The molecule has 1 saturated heterocycles. The van der Waals surface area contributed by atoms with Crippen LogP contribution >= 0.6 is 24.0 Å². The van der Waals surface area contributed by atoms with Gasteiger partial charge in [-0.2, -0.15) is 4.31 Å². The van der Waals surface area contributed by atoms with Crippen LogP contribution in [0.15, 0.2) is 47.4 Å². The topological polar surface area (TPSA) is 43.9 Å². The summed E-state index contributed by atoms with van der Waals surface area (Å²) in [5.41, 5.74) is 3.38. The SMILES string of the molecule is CN1CCN(c2cccc3c2CN(S(=O)(=O)c2cccc(Cl)c2)C3)CC1.Cl. The Bertz CT molecular complexity index is 928. The number of nitrogens with zero attached hydrogens (tertiary/aromatic N) is 3. The Labute approximate surface area is 172 Å². The minimum absolute atomic E-state index is 0. The Morgan fingerprint density at radius 1 is 0.963 bits per heavy atom. The molecule has 8 heteroatoms. The number of hydrogen-bond acceptors (Lipinski definition) is 4. The fourth-order valence-corrected chi connectivity index (χ4v) is 5.35. The predicted octanol–water partition coefficient (Wildman–Crippen LogP) is 3.22. The van der Waals surface area contributed by atoms with Gasteiger partial charge in [0, 0.05) is 50.0 Å². The van der Waals surface area contributed by atoms with Gasteiger partial charge in [-0.3, -0.25) is 0 Å². The van der Waals surface area contributed by atoms with Gasteiger partial charge in [-0.1, -0.05) is 29.8 Å². The van der Waals surface area contributed by atoms with Crippen LogP contribution in [-0.2, 0) is 23.1 Å². The van der Waals surface area contributed by atoms with Crippen molar-refractivity contribution in [3.05, 3.63) is 58.6 Å². The summed E-state index contributed by atoms with van der Waals surface area (Å²) in [7, 11) is -1.43. The van der Waals surface area contributed by atoms with E-state index < -0.39 is 10.0 Å². The van der Waals surface area contributed by atoms with Crippen molar-refractivity contribution in [2.75, 3.05) is 38.1 Å². The van der Waals surface area contributed by atoms with Crippen LogP contribution in [0.3, 0.4) is 0 Å². The molecule has 2 aromatic carbocycles. The molecule has 27 heavy (non-hydrogen) atoms. The predicted molar refractivity (Wildman–Crippen MR) is 111 cm³/mol. The lowest BCUT2D eigenvalue weighted by atomic mass is 10.1. The number of sulfonamides is 1. The Balaban J connectivity index is 0.00000210. The van der Waals surface area contributed by atoms with Crippen LogP contribution in [0.25, 0.3) is 0 Å². The van der Waals surface area contributed by atoms with Crippen molar-refractivity contribution in [2.45, 2.75) is 18.0 Å². The quantitative estimate of drug-likeness (QED) is 0.753. The average molecular weight is 428 g/mol. The first kappa shape index (κ1) is 20.4. The molecule has 0 aromatic heterocycles. The maximum absolute atomic E-state index is 13.0. The van der Waals surface area contributed by atoms with Gasteiger partial charge in [0.1, 0.15) is 0 Å². The summed E-state index contributed by atoms with van der Waals surface area (Å²) in [6.45, 7) is 4.79. The minimum Gasteiger partial charge on any atom is -0.369 e. The first-order valence-corrected chi connectivity index (χ1v) is 10.6. The van der Waals surface area contributed by atoms with E-state index in [-0.39, 0.29) is 17.3 Å². The van der Waals surface area contributed by atoms with Crippen molar-refractivity contribution in [3.63, 3.8) is 0 Å². The van der Waals surface area contributed by atoms with Gasteiger partial charge in [-0.25, -0.2) is 8.42 Å². The highest BCUT2D eigenvalue weighted by molar-refractivity contribution is 7.89. The van der Waals surface area contributed by atoms with Crippen LogP contribution in [0.2, 0.25) is 5.02 Å². The summed E-state index contributed by atoms with van der Waals surface area (Å²) in [6, 6.07) is 12.6. The maximum atomic E-state index is 13.0. The molecule has 0 radical (unpaired) electrons. The molecule has 0 aliphatic carbocycles. The van der Waals surface area contributed by atoms with Gasteiger partial charge in [0.25, 0.3) is 0 Å². The van der Waals surface area contributed by atoms with E-state index >= 15 is 0 Å². The number of hydrogen-bond donors (Lipinski definition) is 0. The molecule has 2 aliphatic rings. The Kier molecular flexibility index (Phi) is 6.03. The van der Waals surface area contributed by atoms with Crippen LogP contribution in [0, 0.1) is 0 Å². The molecule has 2 heterocycles. The second-order valence-corrected chi connectivity index (χ2v) is 9.31. The first-order valence-electron chi connectivity index (χ1n) is 8.75. The number of fused-ring (bicyclic) bond motifs is 1. The molecular formula is C19H23Cl2N3O2S. The van der Waals surface area contributed by atoms with E-state index in [2.05, 4.69) is 22.9 Å². The second kappa shape index (κ2) is 7.97. The maximum Gasteiger partial charge on any atom is 0.243 e. The largest absolute Gasteiger partial charge is 0.369 e. The van der Waals surface area contributed by atoms with E-state index in [9.17, 15) is 8.42 Å². The summed E-state index contributed by atoms with van der Waals surface area (Å²) in [6.07, 6.45) is 0. The zero-order chi connectivity index (χ0) is 18.3. The van der Waals surface area contributed by atoms with E-state index in [0.29, 0.717) is 18.1 Å². The third-order valence-corrected chi connectivity index (χ3v) is 7.23. The number of piperazine rings is 1. The summed E-state index contributed by atoms with van der Waals surface area (Å²) in [4.78, 5) is 4.93. The van der Waals surface area contributed by atoms with E-state index in [1.807, 2.05) is 12.1 Å². The molecule has 5 nitrogen and oxygen atoms in total. The molecule has 0 atom stereocenters. The number of rotatable bonds is 3. The molecular weight excluding hydrogens is 405 g/mol. The summed E-state index contributed by atoms with van der Waals surface area (Å²) in [5.74, 6) is 0. The van der Waals surface area contributed by atoms with Crippen LogP contribution in [-0.4, -0.2) is 50.8 Å². The van der Waals surface area contributed by atoms with Gasteiger partial charge >= 0.3 is 0 Å². The van der Waals surface area contributed by atoms with Gasteiger partial charge in [-0.05, 0) is 42.4 Å². The van der Waals surface area contributed by atoms with Crippen LogP contribution in [0.4, 0.5) is 5.69 Å². The average Bonchev–Trinajstić information content (AvgIpc) is 3.07. The fraction of sp³-hybridized carbons (Fsp3) is 0.368. The lowest BCUT2D eigenvalue weighted by molar-refractivity contribution is 0.312. The smallest absolute Gasteiger partial charge is 0.243 e. The highest BCUT2D eigenvalue weighted by Gasteiger charge is 2.33. The lowest BCUT2D eigenvalue weighted by Gasteiger charge is -2.35. The van der Waals surface area contributed by atoms with Gasteiger partial charge in [-0.15, -0.1) is 12.4 Å². The molecule has 1 fully saturated rings. The number of halogens is 2. The molecule has 4 rings (SSSR count). The lowest BCUT2D eigenvalue weighted by Crippen LogP contribution is -2.44. The second-order valence-electron chi connectivity index (χ2n) is 6.94. The summed E-state index contributed by atoms with van der Waals surface area (Å²) >= 11 is 5.99. The molecule has 2 aromatic rings. The third kappa shape index (κ3) is 3.96. The standard InChI is InChI=1S/C19H22ClN3O2S.ClH/c1-21-8-10-22(11-9-21)19-7-2-4-15-13-23(14-18(15)19)26(24,25)17-6-3-5-16(20)12-17;/h2-7,12H,8-11,13-14H2,1H3;1H. The van der Waals surface area contributed by atoms with Crippen molar-refractivity contribution in [1.29, 1.82) is 0 Å². The van der Waals surface area contributed by atoms with E-state index in [1.54, 1.807) is 22.5 Å². The van der Waals surface area contributed by atoms with Crippen molar-refractivity contribution in [2.24, 2.45) is 0 Å². The normalized spacial score (nSPS) is 18.2. The van der Waals surface area contributed by atoms with E-state index in [0.717, 1.165) is 37.3 Å². The zero-order valence-corrected chi connectivity index (χ0v) is 17.5. The molecule has 0 bridgehead atoms. The molecule has 146 valence electrons. The van der Waals surface area contributed by atoms with Crippen molar-refractivity contribution in [3.8, 4) is 0 Å². The van der Waals surface area contributed by atoms with Crippen LogP contribution in [0.1, 0.15) is 11.1 Å². The fourth-order valence-electron chi connectivity index (χ4n) is 3.66. The van der Waals surface area contributed by atoms with Crippen LogP contribution in [0.5, 0.6) is 0 Å². The van der Waals surface area contributed by atoms with Crippen molar-refractivity contribution < 1.29 is 8.42 Å². The third-order valence-electron chi connectivity index (χ3n) is 5.21. The zero-order valence-electron chi connectivity index (χ0n) is 15.1. The summed E-state index contributed by atoms with van der Waals surface area (Å²) in [5, 5.41) is 0.431. The Morgan fingerprint density at radius 2 is 1.67 bits per heavy atom. The van der Waals surface area contributed by atoms with Gasteiger partial charge in [0.2, 0.25) is 10.0 Å². The number of anilines is 1. The summed E-state index contributed by atoms with van der Waals surface area (Å²) < 4.78 is 27.6.